The van der Waals surface area contributed by atoms with Gasteiger partial charge in [0.05, 0.1) is 18.8 Å². The summed E-state index contributed by atoms with van der Waals surface area (Å²) in [4.78, 5) is 11.5. The van der Waals surface area contributed by atoms with E-state index < -0.39 is 0 Å². The number of aliphatic hydroxyl groups excluding tert-OH is 1. The Hall–Kier alpha value is -2.10. The number of rotatable bonds is 9. The highest BCUT2D eigenvalue weighted by Gasteiger charge is 2.05. The van der Waals surface area contributed by atoms with Crippen molar-refractivity contribution in [2.45, 2.75) is 6.42 Å². The van der Waals surface area contributed by atoms with Crippen LogP contribution in [-0.4, -0.2) is 44.0 Å². The van der Waals surface area contributed by atoms with Crippen molar-refractivity contribution in [2.24, 2.45) is 0 Å². The number of nitrogens with zero attached hydrogens (tertiary/aromatic N) is 1. The van der Waals surface area contributed by atoms with Crippen LogP contribution in [0.3, 0.4) is 0 Å². The van der Waals surface area contributed by atoms with E-state index in [2.05, 4.69) is 5.32 Å². The normalized spacial score (nSPS) is 9.80. The van der Waals surface area contributed by atoms with Crippen molar-refractivity contribution in [1.82, 2.24) is 5.32 Å². The largest absolute Gasteiger partial charge is 0.482 e. The fraction of sp³-hybridized carbons (Fsp3) is 0.429. The second-order valence-corrected chi connectivity index (χ2v) is 3.94. The number of aliphatic hydroxyl groups is 1. The summed E-state index contributed by atoms with van der Waals surface area (Å²) in [5.74, 6) is 0.149. The van der Waals surface area contributed by atoms with E-state index in [-0.39, 0.29) is 19.1 Å². The monoisotopic (exact) mass is 278 g/mol. The maximum absolute atomic E-state index is 11.5. The summed E-state index contributed by atoms with van der Waals surface area (Å²) in [6.07, 6.45) is 0.667. The Bertz CT molecular complexity index is 457. The first kappa shape index (κ1) is 16.0. The van der Waals surface area contributed by atoms with Crippen molar-refractivity contribution in [2.75, 3.05) is 33.0 Å². The molecule has 0 unspecified atom stereocenters. The Kier molecular flexibility index (Phi) is 7.80. The molecule has 0 aliphatic rings. The van der Waals surface area contributed by atoms with Gasteiger partial charge in [-0.3, -0.25) is 4.79 Å². The molecule has 0 heterocycles. The molecule has 0 radical (unpaired) electrons. The third kappa shape index (κ3) is 6.18. The van der Waals surface area contributed by atoms with Crippen molar-refractivity contribution in [3.05, 3.63) is 29.8 Å². The van der Waals surface area contributed by atoms with Crippen LogP contribution in [0, 0.1) is 11.3 Å². The van der Waals surface area contributed by atoms with Gasteiger partial charge in [0, 0.05) is 13.2 Å². The summed E-state index contributed by atoms with van der Waals surface area (Å²) in [7, 11) is 0. The van der Waals surface area contributed by atoms with Crippen molar-refractivity contribution in [3.63, 3.8) is 0 Å². The molecule has 1 aromatic carbocycles. The summed E-state index contributed by atoms with van der Waals surface area (Å²) in [6, 6.07) is 8.75. The average Bonchev–Trinajstić information content (AvgIpc) is 2.49. The van der Waals surface area contributed by atoms with Crippen LogP contribution in [0.15, 0.2) is 24.3 Å². The summed E-state index contributed by atoms with van der Waals surface area (Å²) < 4.78 is 10.3. The van der Waals surface area contributed by atoms with Gasteiger partial charge < -0.3 is 19.9 Å². The summed E-state index contributed by atoms with van der Waals surface area (Å²) in [6.45, 7) is 1.14. The van der Waals surface area contributed by atoms with E-state index in [1.54, 1.807) is 24.3 Å². The third-order valence-corrected chi connectivity index (χ3v) is 2.39. The predicted molar refractivity (Wildman–Crippen MR) is 72.2 cm³/mol. The van der Waals surface area contributed by atoms with E-state index in [0.717, 1.165) is 0 Å². The molecular formula is C14H18N2O4. The number of carbonyl (C=O) groups excluding carboxylic acids is 1. The standard InChI is InChI=1S/C14H18N2O4/c15-10-12-4-1-2-5-13(12)20-11-14(18)16-6-3-8-19-9-7-17/h1-2,4-5,17H,3,6-9,11H2,(H,16,18). The minimum atomic E-state index is -0.250. The predicted octanol–water partition coefficient (Wildman–Crippen LogP) is 0.452. The zero-order valence-electron chi connectivity index (χ0n) is 11.2. The lowest BCUT2D eigenvalue weighted by atomic mass is 10.2. The van der Waals surface area contributed by atoms with E-state index in [4.69, 9.17) is 19.8 Å². The van der Waals surface area contributed by atoms with Gasteiger partial charge in [0.15, 0.2) is 6.61 Å². The molecule has 0 spiro atoms. The lowest BCUT2D eigenvalue weighted by molar-refractivity contribution is -0.123. The molecule has 0 saturated carbocycles. The number of carbonyl (C=O) groups is 1. The Morgan fingerprint density at radius 2 is 2.15 bits per heavy atom. The SMILES string of the molecule is N#Cc1ccccc1OCC(=O)NCCCOCCO. The molecule has 0 aliphatic heterocycles. The van der Waals surface area contributed by atoms with E-state index in [0.29, 0.717) is 37.5 Å². The van der Waals surface area contributed by atoms with Crippen LogP contribution in [0.2, 0.25) is 0 Å². The van der Waals surface area contributed by atoms with Gasteiger partial charge in [0.25, 0.3) is 5.91 Å². The van der Waals surface area contributed by atoms with Crippen LogP contribution in [-0.2, 0) is 9.53 Å². The fourth-order valence-electron chi connectivity index (χ4n) is 1.45. The lowest BCUT2D eigenvalue weighted by Crippen LogP contribution is -2.30. The molecule has 0 saturated heterocycles. The zero-order valence-corrected chi connectivity index (χ0v) is 11.2. The first-order valence-corrected chi connectivity index (χ1v) is 6.35. The van der Waals surface area contributed by atoms with Gasteiger partial charge in [-0.25, -0.2) is 0 Å². The van der Waals surface area contributed by atoms with Gasteiger partial charge in [0.2, 0.25) is 0 Å². The second kappa shape index (κ2) is 9.78. The van der Waals surface area contributed by atoms with Gasteiger partial charge in [-0.1, -0.05) is 12.1 Å². The van der Waals surface area contributed by atoms with Gasteiger partial charge in [-0.15, -0.1) is 0 Å². The molecular weight excluding hydrogens is 260 g/mol. The molecule has 0 fully saturated rings. The minimum absolute atomic E-state index is 0.00149. The molecule has 1 amide bonds. The van der Waals surface area contributed by atoms with Gasteiger partial charge in [0.1, 0.15) is 11.8 Å². The number of hydrogen-bond acceptors (Lipinski definition) is 5. The van der Waals surface area contributed by atoms with Crippen molar-refractivity contribution < 1.29 is 19.4 Å². The molecule has 108 valence electrons. The minimum Gasteiger partial charge on any atom is -0.482 e. The van der Waals surface area contributed by atoms with Crippen LogP contribution in [0.5, 0.6) is 5.75 Å². The first-order valence-electron chi connectivity index (χ1n) is 6.35. The number of nitriles is 1. The van der Waals surface area contributed by atoms with Crippen LogP contribution in [0.4, 0.5) is 0 Å². The summed E-state index contributed by atoms with van der Waals surface area (Å²) in [5, 5.41) is 20.0. The molecule has 0 atom stereocenters. The topological polar surface area (TPSA) is 91.6 Å². The molecule has 6 heteroatoms. The fourth-order valence-corrected chi connectivity index (χ4v) is 1.45. The zero-order chi connectivity index (χ0) is 14.6. The number of nitrogens with one attached hydrogen (secondary N) is 1. The molecule has 0 bridgehead atoms. The lowest BCUT2D eigenvalue weighted by Gasteiger charge is -2.08. The van der Waals surface area contributed by atoms with Crippen molar-refractivity contribution >= 4 is 5.91 Å². The molecule has 0 aromatic heterocycles. The number of para-hydroxylation sites is 1. The maximum atomic E-state index is 11.5. The molecule has 0 aliphatic carbocycles. The molecule has 1 rings (SSSR count). The molecule has 1 aromatic rings. The quantitative estimate of drug-likeness (QED) is 0.640. The molecule has 2 N–H and O–H groups in total. The smallest absolute Gasteiger partial charge is 0.257 e. The average molecular weight is 278 g/mol. The third-order valence-electron chi connectivity index (χ3n) is 2.39. The Morgan fingerprint density at radius 1 is 1.35 bits per heavy atom. The van der Waals surface area contributed by atoms with Crippen LogP contribution >= 0.6 is 0 Å². The number of amides is 1. The van der Waals surface area contributed by atoms with Gasteiger partial charge in [-0.2, -0.15) is 5.26 Å². The second-order valence-electron chi connectivity index (χ2n) is 3.94. The van der Waals surface area contributed by atoms with Crippen LogP contribution in [0.1, 0.15) is 12.0 Å². The first-order chi connectivity index (χ1) is 9.77. The Balaban J connectivity index is 2.18. The summed E-state index contributed by atoms with van der Waals surface area (Å²) >= 11 is 0. The Morgan fingerprint density at radius 3 is 2.90 bits per heavy atom. The summed E-state index contributed by atoms with van der Waals surface area (Å²) in [5.41, 5.74) is 0.401. The van der Waals surface area contributed by atoms with Crippen LogP contribution < -0.4 is 10.1 Å². The maximum Gasteiger partial charge on any atom is 0.257 e. The van der Waals surface area contributed by atoms with E-state index >= 15 is 0 Å². The van der Waals surface area contributed by atoms with Crippen molar-refractivity contribution in [1.29, 1.82) is 5.26 Å². The van der Waals surface area contributed by atoms with E-state index in [1.165, 1.54) is 0 Å². The van der Waals surface area contributed by atoms with E-state index in [1.807, 2.05) is 6.07 Å². The molecule has 20 heavy (non-hydrogen) atoms. The van der Waals surface area contributed by atoms with Crippen molar-refractivity contribution in [3.8, 4) is 11.8 Å². The van der Waals surface area contributed by atoms with Gasteiger partial charge in [-0.05, 0) is 18.6 Å². The Labute approximate surface area is 117 Å². The van der Waals surface area contributed by atoms with Gasteiger partial charge >= 0.3 is 0 Å². The highest BCUT2D eigenvalue weighted by Crippen LogP contribution is 2.15. The van der Waals surface area contributed by atoms with E-state index in [9.17, 15) is 4.79 Å². The number of benzene rings is 1. The number of ether oxygens (including phenoxy) is 2. The highest BCUT2D eigenvalue weighted by atomic mass is 16.5. The highest BCUT2D eigenvalue weighted by molar-refractivity contribution is 5.77. The molecule has 6 nitrogen and oxygen atoms in total. The number of hydrogen-bond donors (Lipinski definition) is 2. The van der Waals surface area contributed by atoms with Crippen LogP contribution in [0.25, 0.3) is 0 Å².